The Labute approximate surface area is 146 Å². The summed E-state index contributed by atoms with van der Waals surface area (Å²) in [4.78, 5) is 39.0. The van der Waals surface area contributed by atoms with Crippen LogP contribution in [0.25, 0.3) is 0 Å². The van der Waals surface area contributed by atoms with Crippen molar-refractivity contribution in [1.82, 2.24) is 14.9 Å². The summed E-state index contributed by atoms with van der Waals surface area (Å²) in [6, 6.07) is 3.29. The van der Waals surface area contributed by atoms with Crippen LogP contribution in [0.4, 0.5) is 0 Å². The van der Waals surface area contributed by atoms with Gasteiger partial charge >= 0.3 is 0 Å². The molecule has 1 saturated heterocycles. The van der Waals surface area contributed by atoms with Gasteiger partial charge in [0, 0.05) is 26.2 Å². The van der Waals surface area contributed by atoms with Crippen LogP contribution in [0.1, 0.15) is 36.7 Å². The lowest BCUT2D eigenvalue weighted by atomic mass is 10.00. The molecule has 1 fully saturated rings. The largest absolute Gasteiger partial charge is 0.459 e. The van der Waals surface area contributed by atoms with Gasteiger partial charge in [0.1, 0.15) is 0 Å². The zero-order chi connectivity index (χ0) is 18.2. The number of rotatable bonds is 8. The van der Waals surface area contributed by atoms with E-state index in [1.807, 2.05) is 6.92 Å². The van der Waals surface area contributed by atoms with Crippen LogP contribution in [0.5, 0.6) is 0 Å². The van der Waals surface area contributed by atoms with Crippen LogP contribution < -0.4 is 0 Å². The number of carbonyl (C=O) groups is 3. The topological polar surface area (TPSA) is 94.3 Å². The highest BCUT2D eigenvalue weighted by molar-refractivity contribution is 5.91. The predicted molar refractivity (Wildman–Crippen MR) is 88.8 cm³/mol. The molecular weight excluding hydrogens is 326 g/mol. The standard InChI is InChI=1S/C17H25N3O5/c1-2-3-5-14(12-20(24)13-21)16(22)18-7-9-19(10-8-18)17(23)15-6-4-11-25-15/h4,6,11,13-14,24H,2-3,5,7-10,12H2,1H3/t14-/m1/s1. The van der Waals surface area contributed by atoms with Crippen LogP contribution >= 0.6 is 0 Å². The number of carbonyl (C=O) groups excluding carboxylic acids is 3. The number of furan rings is 1. The molecule has 1 aliphatic heterocycles. The maximum absolute atomic E-state index is 12.7. The maximum atomic E-state index is 12.7. The number of unbranched alkanes of at least 4 members (excludes halogenated alkanes) is 1. The second-order valence-electron chi connectivity index (χ2n) is 6.16. The van der Waals surface area contributed by atoms with Gasteiger partial charge in [-0.25, -0.2) is 5.06 Å². The quantitative estimate of drug-likeness (QED) is 0.432. The molecule has 3 amide bonds. The normalized spacial score (nSPS) is 15.8. The van der Waals surface area contributed by atoms with Crippen LogP contribution in [-0.4, -0.2) is 71.0 Å². The van der Waals surface area contributed by atoms with Crippen molar-refractivity contribution in [2.75, 3.05) is 32.7 Å². The van der Waals surface area contributed by atoms with Crippen molar-refractivity contribution in [3.8, 4) is 0 Å². The fourth-order valence-corrected chi connectivity index (χ4v) is 2.96. The molecule has 0 aromatic carbocycles. The first-order valence-corrected chi connectivity index (χ1v) is 8.59. The number of hydrogen-bond donors (Lipinski definition) is 1. The van der Waals surface area contributed by atoms with E-state index in [2.05, 4.69) is 0 Å². The third-order valence-electron chi connectivity index (χ3n) is 4.40. The second kappa shape index (κ2) is 9.22. The summed E-state index contributed by atoms with van der Waals surface area (Å²) >= 11 is 0. The van der Waals surface area contributed by atoms with E-state index >= 15 is 0 Å². The maximum Gasteiger partial charge on any atom is 0.289 e. The van der Waals surface area contributed by atoms with Gasteiger partial charge in [0.2, 0.25) is 12.3 Å². The SMILES string of the molecule is CCCC[C@H](CN(O)C=O)C(=O)N1CCN(C(=O)c2ccco2)CC1. The lowest BCUT2D eigenvalue weighted by Gasteiger charge is -2.36. The number of amides is 3. The predicted octanol–water partition coefficient (Wildman–Crippen LogP) is 1.22. The van der Waals surface area contributed by atoms with Crippen molar-refractivity contribution in [2.24, 2.45) is 5.92 Å². The van der Waals surface area contributed by atoms with Crippen LogP contribution in [-0.2, 0) is 9.59 Å². The Hall–Kier alpha value is -2.35. The second-order valence-corrected chi connectivity index (χ2v) is 6.16. The van der Waals surface area contributed by atoms with Gasteiger partial charge in [-0.3, -0.25) is 19.6 Å². The van der Waals surface area contributed by atoms with Crippen molar-refractivity contribution in [2.45, 2.75) is 26.2 Å². The molecule has 1 aliphatic rings. The highest BCUT2D eigenvalue weighted by atomic mass is 16.5. The average Bonchev–Trinajstić information content (AvgIpc) is 3.18. The number of nitrogens with zero attached hydrogens (tertiary/aromatic N) is 3. The smallest absolute Gasteiger partial charge is 0.289 e. The molecule has 0 aliphatic carbocycles. The molecule has 0 radical (unpaired) electrons. The third kappa shape index (κ3) is 5.06. The van der Waals surface area contributed by atoms with Crippen molar-refractivity contribution >= 4 is 18.2 Å². The summed E-state index contributed by atoms with van der Waals surface area (Å²) in [5, 5.41) is 9.95. The minimum Gasteiger partial charge on any atom is -0.459 e. The molecule has 138 valence electrons. The van der Waals surface area contributed by atoms with Crippen molar-refractivity contribution in [1.29, 1.82) is 0 Å². The van der Waals surface area contributed by atoms with Crippen molar-refractivity contribution in [3.63, 3.8) is 0 Å². The van der Waals surface area contributed by atoms with E-state index in [4.69, 9.17) is 4.42 Å². The first kappa shape index (κ1) is 19.0. The molecule has 0 unspecified atom stereocenters. The number of hydroxylamine groups is 2. The summed E-state index contributed by atoms with van der Waals surface area (Å²) in [5.74, 6) is -0.397. The highest BCUT2D eigenvalue weighted by Gasteiger charge is 2.30. The molecule has 1 aromatic heterocycles. The van der Waals surface area contributed by atoms with Crippen molar-refractivity contribution in [3.05, 3.63) is 24.2 Å². The number of piperazine rings is 1. The molecular formula is C17H25N3O5. The van der Waals surface area contributed by atoms with Gasteiger partial charge in [-0.05, 0) is 18.6 Å². The van der Waals surface area contributed by atoms with Gasteiger partial charge in [0.25, 0.3) is 5.91 Å². The van der Waals surface area contributed by atoms with Gasteiger partial charge in [-0.2, -0.15) is 0 Å². The molecule has 1 N–H and O–H groups in total. The Morgan fingerprint density at radius 1 is 1.32 bits per heavy atom. The van der Waals surface area contributed by atoms with E-state index in [-0.39, 0.29) is 18.4 Å². The Kier molecular flexibility index (Phi) is 7.00. The molecule has 0 saturated carbocycles. The van der Waals surface area contributed by atoms with E-state index in [1.165, 1.54) is 6.26 Å². The Morgan fingerprint density at radius 3 is 2.56 bits per heavy atom. The first-order valence-electron chi connectivity index (χ1n) is 8.59. The first-order chi connectivity index (χ1) is 12.1. The van der Waals surface area contributed by atoms with Crippen LogP contribution in [0.2, 0.25) is 0 Å². The lowest BCUT2D eigenvalue weighted by Crippen LogP contribution is -2.52. The fraction of sp³-hybridized carbons (Fsp3) is 0.588. The zero-order valence-electron chi connectivity index (χ0n) is 14.5. The van der Waals surface area contributed by atoms with Crippen molar-refractivity contribution < 1.29 is 24.0 Å². The van der Waals surface area contributed by atoms with Gasteiger partial charge in [-0.15, -0.1) is 0 Å². The Morgan fingerprint density at radius 2 is 2.00 bits per heavy atom. The summed E-state index contributed by atoms with van der Waals surface area (Å²) < 4.78 is 5.12. The molecule has 1 atom stereocenters. The summed E-state index contributed by atoms with van der Waals surface area (Å²) in [6.07, 6.45) is 4.17. The summed E-state index contributed by atoms with van der Waals surface area (Å²) in [6.45, 7) is 3.75. The minimum atomic E-state index is -0.428. The lowest BCUT2D eigenvalue weighted by molar-refractivity contribution is -0.157. The van der Waals surface area contributed by atoms with E-state index in [0.717, 1.165) is 12.8 Å². The zero-order valence-corrected chi connectivity index (χ0v) is 14.5. The molecule has 2 heterocycles. The molecule has 2 rings (SSSR count). The third-order valence-corrected chi connectivity index (χ3v) is 4.40. The summed E-state index contributed by atoms with van der Waals surface area (Å²) in [7, 11) is 0. The fourth-order valence-electron chi connectivity index (χ4n) is 2.96. The van der Waals surface area contributed by atoms with E-state index in [9.17, 15) is 19.6 Å². The van der Waals surface area contributed by atoms with E-state index in [1.54, 1.807) is 21.9 Å². The van der Waals surface area contributed by atoms with Crippen LogP contribution in [0.3, 0.4) is 0 Å². The summed E-state index contributed by atoms with van der Waals surface area (Å²) in [5.41, 5.74) is 0. The Bertz CT molecular complexity index is 567. The molecule has 1 aromatic rings. The van der Waals surface area contributed by atoms with Crippen LogP contribution in [0.15, 0.2) is 22.8 Å². The molecule has 8 heteroatoms. The molecule has 0 bridgehead atoms. The molecule has 25 heavy (non-hydrogen) atoms. The molecule has 8 nitrogen and oxygen atoms in total. The van der Waals surface area contributed by atoms with Gasteiger partial charge in [0.15, 0.2) is 5.76 Å². The number of hydrogen-bond acceptors (Lipinski definition) is 5. The highest BCUT2D eigenvalue weighted by Crippen LogP contribution is 2.16. The van der Waals surface area contributed by atoms with Crippen LogP contribution in [0, 0.1) is 5.92 Å². The Balaban J connectivity index is 1.91. The van der Waals surface area contributed by atoms with Gasteiger partial charge in [-0.1, -0.05) is 19.8 Å². The monoisotopic (exact) mass is 351 g/mol. The average molecular weight is 351 g/mol. The van der Waals surface area contributed by atoms with Gasteiger partial charge < -0.3 is 14.2 Å². The minimum absolute atomic E-state index is 0.00608. The van der Waals surface area contributed by atoms with E-state index in [0.29, 0.717) is 49.8 Å². The van der Waals surface area contributed by atoms with Gasteiger partial charge in [0.05, 0.1) is 18.7 Å². The van der Waals surface area contributed by atoms with E-state index < -0.39 is 5.92 Å². The molecule has 0 spiro atoms.